The van der Waals surface area contributed by atoms with Crippen molar-refractivity contribution in [3.8, 4) is 10.7 Å². The van der Waals surface area contributed by atoms with Gasteiger partial charge in [0.05, 0.1) is 11.4 Å². The Bertz CT molecular complexity index is 568. The lowest BCUT2D eigenvalue weighted by molar-refractivity contribution is 0.140. The second-order valence-electron chi connectivity index (χ2n) is 5.62. The van der Waals surface area contributed by atoms with E-state index in [1.165, 1.54) is 19.4 Å². The number of nitrogens with zero attached hydrogens (tertiary/aromatic N) is 3. The summed E-state index contributed by atoms with van der Waals surface area (Å²) in [6, 6.07) is 4.76. The van der Waals surface area contributed by atoms with Crippen LogP contribution in [0, 0.1) is 5.92 Å². The van der Waals surface area contributed by atoms with E-state index in [1.54, 1.807) is 11.3 Å². The van der Waals surface area contributed by atoms with E-state index in [4.69, 9.17) is 4.52 Å². The molecule has 2 aromatic rings. The highest BCUT2D eigenvalue weighted by molar-refractivity contribution is 7.13. The van der Waals surface area contributed by atoms with E-state index in [2.05, 4.69) is 20.4 Å². The highest BCUT2D eigenvalue weighted by Crippen LogP contribution is 2.26. The van der Waals surface area contributed by atoms with Crippen molar-refractivity contribution < 1.29 is 4.52 Å². The molecule has 4 heterocycles. The number of likely N-dealkylation sites (tertiary alicyclic amines) is 1. The van der Waals surface area contributed by atoms with Gasteiger partial charge in [-0.1, -0.05) is 11.2 Å². The van der Waals surface area contributed by atoms with Crippen LogP contribution in [-0.4, -0.2) is 40.7 Å². The Morgan fingerprint density at radius 3 is 3.35 bits per heavy atom. The second-order valence-corrected chi connectivity index (χ2v) is 6.57. The zero-order valence-electron chi connectivity index (χ0n) is 11.3. The van der Waals surface area contributed by atoms with Gasteiger partial charge in [-0.3, -0.25) is 4.90 Å². The topological polar surface area (TPSA) is 54.2 Å². The molecule has 2 aliphatic rings. The summed E-state index contributed by atoms with van der Waals surface area (Å²) in [4.78, 5) is 8.02. The van der Waals surface area contributed by atoms with Crippen LogP contribution < -0.4 is 5.32 Å². The molecule has 20 heavy (non-hydrogen) atoms. The lowest BCUT2D eigenvalue weighted by Crippen LogP contribution is -2.43. The quantitative estimate of drug-likeness (QED) is 0.937. The summed E-state index contributed by atoms with van der Waals surface area (Å²) in [5.74, 6) is 2.24. The number of aromatic nitrogens is 2. The molecule has 2 unspecified atom stereocenters. The zero-order valence-corrected chi connectivity index (χ0v) is 12.1. The van der Waals surface area contributed by atoms with Gasteiger partial charge in [0.15, 0.2) is 0 Å². The molecule has 0 aliphatic carbocycles. The Balaban J connectivity index is 1.42. The molecule has 1 N–H and O–H groups in total. The van der Waals surface area contributed by atoms with E-state index in [0.717, 1.165) is 42.4 Å². The highest BCUT2D eigenvalue weighted by Gasteiger charge is 2.32. The van der Waals surface area contributed by atoms with Gasteiger partial charge in [0.2, 0.25) is 11.7 Å². The Morgan fingerprint density at radius 2 is 2.45 bits per heavy atom. The molecule has 2 saturated heterocycles. The van der Waals surface area contributed by atoms with Gasteiger partial charge in [-0.25, -0.2) is 0 Å². The Labute approximate surface area is 122 Å². The molecule has 106 valence electrons. The molecule has 0 aromatic carbocycles. The normalized spacial score (nSPS) is 26.8. The van der Waals surface area contributed by atoms with E-state index in [1.807, 2.05) is 17.5 Å². The molecular weight excluding hydrogens is 272 g/mol. The van der Waals surface area contributed by atoms with Crippen LogP contribution in [0.2, 0.25) is 0 Å². The highest BCUT2D eigenvalue weighted by atomic mass is 32.1. The van der Waals surface area contributed by atoms with E-state index in [-0.39, 0.29) is 0 Å². The van der Waals surface area contributed by atoms with Gasteiger partial charge in [0.1, 0.15) is 0 Å². The predicted octanol–water partition coefficient (Wildman–Crippen LogP) is 1.98. The van der Waals surface area contributed by atoms with Gasteiger partial charge in [-0.05, 0) is 36.8 Å². The maximum Gasteiger partial charge on any atom is 0.241 e. The average Bonchev–Trinajstić information content (AvgIpc) is 3.19. The monoisotopic (exact) mass is 290 g/mol. The van der Waals surface area contributed by atoms with Gasteiger partial charge in [0.25, 0.3) is 0 Å². The molecule has 2 fully saturated rings. The van der Waals surface area contributed by atoms with Crippen LogP contribution in [0.15, 0.2) is 22.0 Å². The maximum atomic E-state index is 5.39. The summed E-state index contributed by atoms with van der Waals surface area (Å²) in [5.41, 5.74) is 0. The van der Waals surface area contributed by atoms with Crippen molar-refractivity contribution in [2.75, 3.05) is 19.6 Å². The van der Waals surface area contributed by atoms with Crippen molar-refractivity contribution >= 4 is 11.3 Å². The minimum Gasteiger partial charge on any atom is -0.338 e. The van der Waals surface area contributed by atoms with E-state index in [0.29, 0.717) is 5.82 Å². The third-order valence-corrected chi connectivity index (χ3v) is 5.17. The van der Waals surface area contributed by atoms with Crippen LogP contribution >= 0.6 is 11.3 Å². The average molecular weight is 290 g/mol. The molecule has 0 bridgehead atoms. The van der Waals surface area contributed by atoms with Crippen molar-refractivity contribution in [1.82, 2.24) is 20.4 Å². The number of rotatable bonds is 3. The van der Waals surface area contributed by atoms with Crippen LogP contribution in [0.1, 0.15) is 18.7 Å². The summed E-state index contributed by atoms with van der Waals surface area (Å²) in [7, 11) is 0. The fourth-order valence-corrected chi connectivity index (χ4v) is 3.93. The summed E-state index contributed by atoms with van der Waals surface area (Å²) >= 11 is 1.64. The Kier molecular flexibility index (Phi) is 3.29. The first kappa shape index (κ1) is 12.5. The molecular formula is C14H18N4OS. The van der Waals surface area contributed by atoms with Gasteiger partial charge in [0, 0.05) is 19.1 Å². The lowest BCUT2D eigenvalue weighted by Gasteiger charge is -2.33. The van der Waals surface area contributed by atoms with Crippen LogP contribution in [0.3, 0.4) is 0 Å². The SMILES string of the molecule is c1csc(-c2noc(CN3CCC4NCCC4C3)n2)c1. The zero-order chi connectivity index (χ0) is 13.4. The third-order valence-electron chi connectivity index (χ3n) is 4.31. The molecule has 0 saturated carbocycles. The number of hydrogen-bond donors (Lipinski definition) is 1. The maximum absolute atomic E-state index is 5.39. The molecule has 2 aliphatic heterocycles. The third kappa shape index (κ3) is 2.39. The first-order valence-corrected chi connectivity index (χ1v) is 8.08. The van der Waals surface area contributed by atoms with Gasteiger partial charge < -0.3 is 9.84 Å². The fraction of sp³-hybridized carbons (Fsp3) is 0.571. The van der Waals surface area contributed by atoms with Crippen molar-refractivity contribution in [2.45, 2.75) is 25.4 Å². The van der Waals surface area contributed by atoms with Crippen molar-refractivity contribution in [3.63, 3.8) is 0 Å². The first-order valence-electron chi connectivity index (χ1n) is 7.21. The lowest BCUT2D eigenvalue weighted by atomic mass is 9.93. The number of fused-ring (bicyclic) bond motifs is 1. The first-order chi connectivity index (χ1) is 9.88. The van der Waals surface area contributed by atoms with Crippen molar-refractivity contribution in [1.29, 1.82) is 0 Å². The van der Waals surface area contributed by atoms with Crippen molar-refractivity contribution in [3.05, 3.63) is 23.4 Å². The van der Waals surface area contributed by atoms with Gasteiger partial charge in [-0.2, -0.15) is 4.98 Å². The van der Waals surface area contributed by atoms with Crippen LogP contribution in [0.25, 0.3) is 10.7 Å². The van der Waals surface area contributed by atoms with Gasteiger partial charge >= 0.3 is 0 Å². The number of piperidine rings is 1. The second kappa shape index (κ2) is 5.27. The molecule has 0 radical (unpaired) electrons. The Hall–Kier alpha value is -1.24. The Morgan fingerprint density at radius 1 is 1.45 bits per heavy atom. The fourth-order valence-electron chi connectivity index (χ4n) is 3.28. The summed E-state index contributed by atoms with van der Waals surface area (Å²) in [6.45, 7) is 4.22. The molecule has 4 rings (SSSR count). The number of hydrogen-bond acceptors (Lipinski definition) is 6. The molecule has 5 nitrogen and oxygen atoms in total. The van der Waals surface area contributed by atoms with Gasteiger partial charge in [-0.15, -0.1) is 11.3 Å². The van der Waals surface area contributed by atoms with E-state index >= 15 is 0 Å². The molecule has 0 amide bonds. The summed E-state index contributed by atoms with van der Waals surface area (Å²) in [6.07, 6.45) is 2.53. The molecule has 2 atom stereocenters. The van der Waals surface area contributed by atoms with Crippen LogP contribution in [0.5, 0.6) is 0 Å². The standard InChI is InChI=1S/C14H18N4OS/c1-2-12(20-7-1)14-16-13(19-17-14)9-18-6-4-11-10(8-18)3-5-15-11/h1-2,7,10-11,15H,3-6,8-9H2. The smallest absolute Gasteiger partial charge is 0.241 e. The molecule has 0 spiro atoms. The summed E-state index contributed by atoms with van der Waals surface area (Å²) in [5, 5.41) is 9.70. The largest absolute Gasteiger partial charge is 0.338 e. The predicted molar refractivity (Wildman–Crippen MR) is 77.4 cm³/mol. The minimum absolute atomic E-state index is 0.715. The number of thiophene rings is 1. The van der Waals surface area contributed by atoms with Crippen molar-refractivity contribution in [2.24, 2.45) is 5.92 Å². The van der Waals surface area contributed by atoms with E-state index in [9.17, 15) is 0 Å². The number of nitrogens with one attached hydrogen (secondary N) is 1. The van der Waals surface area contributed by atoms with Crippen LogP contribution in [0.4, 0.5) is 0 Å². The van der Waals surface area contributed by atoms with Crippen LogP contribution in [-0.2, 0) is 6.54 Å². The molecule has 2 aromatic heterocycles. The summed E-state index contributed by atoms with van der Waals surface area (Å²) < 4.78 is 5.39. The van der Waals surface area contributed by atoms with E-state index < -0.39 is 0 Å². The molecule has 6 heteroatoms. The minimum atomic E-state index is 0.715.